The van der Waals surface area contributed by atoms with Gasteiger partial charge in [0.15, 0.2) is 0 Å². The van der Waals surface area contributed by atoms with Crippen LogP contribution < -0.4 is 5.73 Å². The SMILES string of the molecule is CN(CCc1ccccc1)Cc1cccc(N)c1Br. The van der Waals surface area contributed by atoms with Gasteiger partial charge in [-0.15, -0.1) is 0 Å². The summed E-state index contributed by atoms with van der Waals surface area (Å²) in [6, 6.07) is 16.6. The molecule has 2 aromatic carbocycles. The average molecular weight is 319 g/mol. The molecule has 0 unspecified atom stereocenters. The molecule has 2 nitrogen and oxygen atoms in total. The molecule has 0 bridgehead atoms. The molecule has 2 rings (SSSR count). The van der Waals surface area contributed by atoms with Crippen molar-refractivity contribution in [2.45, 2.75) is 13.0 Å². The Labute approximate surface area is 123 Å². The van der Waals surface area contributed by atoms with Gasteiger partial charge in [-0.1, -0.05) is 42.5 Å². The average Bonchev–Trinajstić information content (AvgIpc) is 2.43. The van der Waals surface area contributed by atoms with Crippen LogP contribution in [0.1, 0.15) is 11.1 Å². The summed E-state index contributed by atoms with van der Waals surface area (Å²) in [6.07, 6.45) is 1.07. The van der Waals surface area contributed by atoms with Crippen LogP contribution in [0.25, 0.3) is 0 Å². The summed E-state index contributed by atoms with van der Waals surface area (Å²) in [6.45, 7) is 1.93. The van der Waals surface area contributed by atoms with Gasteiger partial charge in [0.25, 0.3) is 0 Å². The number of nitrogens with zero attached hydrogens (tertiary/aromatic N) is 1. The second kappa shape index (κ2) is 6.73. The summed E-state index contributed by atoms with van der Waals surface area (Å²) < 4.78 is 1.02. The van der Waals surface area contributed by atoms with Gasteiger partial charge in [-0.05, 0) is 46.6 Å². The Bertz CT molecular complexity index is 526. The lowest BCUT2D eigenvalue weighted by molar-refractivity contribution is 0.330. The number of hydrogen-bond donors (Lipinski definition) is 1. The zero-order valence-corrected chi connectivity index (χ0v) is 12.7. The Morgan fingerprint density at radius 2 is 1.79 bits per heavy atom. The number of halogens is 1. The van der Waals surface area contributed by atoms with Crippen molar-refractivity contribution in [1.82, 2.24) is 4.90 Å². The van der Waals surface area contributed by atoms with Crippen LogP contribution in [0.4, 0.5) is 5.69 Å². The van der Waals surface area contributed by atoms with E-state index >= 15 is 0 Å². The third-order valence-corrected chi connectivity index (χ3v) is 4.14. The van der Waals surface area contributed by atoms with Crippen molar-refractivity contribution >= 4 is 21.6 Å². The van der Waals surface area contributed by atoms with Gasteiger partial charge < -0.3 is 10.6 Å². The van der Waals surface area contributed by atoms with E-state index in [0.29, 0.717) is 0 Å². The summed E-state index contributed by atoms with van der Waals surface area (Å²) in [4.78, 5) is 2.31. The van der Waals surface area contributed by atoms with Crippen LogP contribution >= 0.6 is 15.9 Å². The molecule has 0 amide bonds. The lowest BCUT2D eigenvalue weighted by atomic mass is 10.1. The molecule has 0 spiro atoms. The predicted molar refractivity (Wildman–Crippen MR) is 85.0 cm³/mol. The fraction of sp³-hybridized carbons (Fsp3) is 0.250. The number of rotatable bonds is 5. The van der Waals surface area contributed by atoms with Crippen molar-refractivity contribution in [3.05, 3.63) is 64.1 Å². The van der Waals surface area contributed by atoms with Crippen LogP contribution in [0.5, 0.6) is 0 Å². The van der Waals surface area contributed by atoms with Crippen molar-refractivity contribution in [1.29, 1.82) is 0 Å². The lowest BCUT2D eigenvalue weighted by Crippen LogP contribution is -2.21. The van der Waals surface area contributed by atoms with Gasteiger partial charge in [0.2, 0.25) is 0 Å². The Hall–Kier alpha value is -1.32. The molecule has 0 radical (unpaired) electrons. The molecular weight excluding hydrogens is 300 g/mol. The first-order valence-corrected chi connectivity index (χ1v) is 7.21. The van der Waals surface area contributed by atoms with E-state index in [1.165, 1.54) is 11.1 Å². The summed E-state index contributed by atoms with van der Waals surface area (Å²) in [5, 5.41) is 0. The zero-order valence-electron chi connectivity index (χ0n) is 11.1. The first kappa shape index (κ1) is 14.1. The lowest BCUT2D eigenvalue weighted by Gasteiger charge is -2.18. The molecule has 19 heavy (non-hydrogen) atoms. The second-order valence-corrected chi connectivity index (χ2v) is 5.59. The fourth-order valence-electron chi connectivity index (χ4n) is 2.06. The van der Waals surface area contributed by atoms with Gasteiger partial charge in [-0.3, -0.25) is 0 Å². The largest absolute Gasteiger partial charge is 0.398 e. The molecule has 0 aromatic heterocycles. The summed E-state index contributed by atoms with van der Waals surface area (Å²) in [5.74, 6) is 0. The van der Waals surface area contributed by atoms with E-state index in [0.717, 1.165) is 29.7 Å². The van der Waals surface area contributed by atoms with Gasteiger partial charge in [0.05, 0.1) is 0 Å². The van der Waals surface area contributed by atoms with Crippen molar-refractivity contribution < 1.29 is 0 Å². The molecule has 0 aliphatic heterocycles. The number of nitrogen functional groups attached to an aromatic ring is 1. The summed E-state index contributed by atoms with van der Waals surface area (Å²) >= 11 is 3.55. The summed E-state index contributed by atoms with van der Waals surface area (Å²) in [5.41, 5.74) is 9.30. The highest BCUT2D eigenvalue weighted by molar-refractivity contribution is 9.10. The van der Waals surface area contributed by atoms with Gasteiger partial charge >= 0.3 is 0 Å². The van der Waals surface area contributed by atoms with E-state index in [-0.39, 0.29) is 0 Å². The maximum atomic E-state index is 5.90. The minimum absolute atomic E-state index is 0.800. The van der Waals surface area contributed by atoms with Crippen molar-refractivity contribution in [3.63, 3.8) is 0 Å². The van der Waals surface area contributed by atoms with Crippen LogP contribution in [0.2, 0.25) is 0 Å². The first-order valence-electron chi connectivity index (χ1n) is 6.42. The topological polar surface area (TPSA) is 29.3 Å². The van der Waals surface area contributed by atoms with E-state index in [1.807, 2.05) is 12.1 Å². The molecule has 0 heterocycles. The Morgan fingerprint density at radius 3 is 2.53 bits per heavy atom. The van der Waals surface area contributed by atoms with Gasteiger partial charge in [-0.25, -0.2) is 0 Å². The minimum Gasteiger partial charge on any atom is -0.398 e. The van der Waals surface area contributed by atoms with Crippen LogP contribution in [0.3, 0.4) is 0 Å². The van der Waals surface area contributed by atoms with Crippen LogP contribution in [0, 0.1) is 0 Å². The molecule has 0 saturated heterocycles. The molecule has 0 aliphatic carbocycles. The number of anilines is 1. The van der Waals surface area contributed by atoms with Crippen LogP contribution in [-0.2, 0) is 13.0 Å². The highest BCUT2D eigenvalue weighted by Crippen LogP contribution is 2.24. The van der Waals surface area contributed by atoms with Gasteiger partial charge in [0.1, 0.15) is 0 Å². The molecule has 2 aromatic rings. The molecular formula is C16H19BrN2. The van der Waals surface area contributed by atoms with E-state index in [2.05, 4.69) is 64.3 Å². The summed E-state index contributed by atoms with van der Waals surface area (Å²) in [7, 11) is 2.14. The molecule has 3 heteroatoms. The van der Waals surface area contributed by atoms with Crippen LogP contribution in [0.15, 0.2) is 53.0 Å². The maximum Gasteiger partial charge on any atom is 0.0461 e. The predicted octanol–water partition coefficient (Wildman–Crippen LogP) is 3.71. The maximum absolute atomic E-state index is 5.90. The quantitative estimate of drug-likeness (QED) is 0.852. The highest BCUT2D eigenvalue weighted by atomic mass is 79.9. The van der Waals surface area contributed by atoms with Crippen molar-refractivity contribution in [3.8, 4) is 0 Å². The highest BCUT2D eigenvalue weighted by Gasteiger charge is 2.06. The standard InChI is InChI=1S/C16H19BrN2/c1-19(11-10-13-6-3-2-4-7-13)12-14-8-5-9-15(18)16(14)17/h2-9H,10-12,18H2,1H3. The molecule has 0 aliphatic rings. The fourth-order valence-corrected chi connectivity index (χ4v) is 2.45. The number of nitrogens with two attached hydrogens (primary N) is 1. The van der Waals surface area contributed by atoms with Crippen LogP contribution in [-0.4, -0.2) is 18.5 Å². The zero-order chi connectivity index (χ0) is 13.7. The van der Waals surface area contributed by atoms with Crippen molar-refractivity contribution in [2.24, 2.45) is 0 Å². The Kier molecular flexibility index (Phi) is 5.00. The Balaban J connectivity index is 1.91. The molecule has 100 valence electrons. The molecule has 0 saturated carbocycles. The third-order valence-electron chi connectivity index (χ3n) is 3.17. The molecule has 2 N–H and O–H groups in total. The van der Waals surface area contributed by atoms with Crippen molar-refractivity contribution in [2.75, 3.05) is 19.3 Å². The number of hydrogen-bond acceptors (Lipinski definition) is 2. The minimum atomic E-state index is 0.800. The normalized spacial score (nSPS) is 10.9. The van der Waals surface area contributed by atoms with E-state index < -0.39 is 0 Å². The van der Waals surface area contributed by atoms with E-state index in [1.54, 1.807) is 0 Å². The Morgan fingerprint density at radius 1 is 1.05 bits per heavy atom. The first-order chi connectivity index (χ1) is 9.16. The number of likely N-dealkylation sites (N-methyl/N-ethyl adjacent to an activating group) is 1. The molecule has 0 fully saturated rings. The number of benzene rings is 2. The van der Waals surface area contributed by atoms with E-state index in [9.17, 15) is 0 Å². The van der Waals surface area contributed by atoms with Gasteiger partial charge in [-0.2, -0.15) is 0 Å². The third kappa shape index (κ3) is 4.08. The smallest absolute Gasteiger partial charge is 0.0461 e. The van der Waals surface area contributed by atoms with Gasteiger partial charge in [0, 0.05) is 23.2 Å². The molecule has 0 atom stereocenters. The van der Waals surface area contributed by atoms with E-state index in [4.69, 9.17) is 5.73 Å². The monoisotopic (exact) mass is 318 g/mol. The second-order valence-electron chi connectivity index (χ2n) is 4.79.